The Morgan fingerprint density at radius 2 is 1.77 bits per heavy atom. The van der Waals surface area contributed by atoms with Crippen molar-refractivity contribution in [2.75, 3.05) is 5.32 Å². The van der Waals surface area contributed by atoms with Crippen LogP contribution < -0.4 is 5.32 Å². The Labute approximate surface area is 162 Å². The number of nitrogens with one attached hydrogen (secondary N) is 2. The number of hydrogen-bond donors (Lipinski definition) is 3. The van der Waals surface area contributed by atoms with E-state index in [2.05, 4.69) is 36.4 Å². The Hall–Kier alpha value is -2.04. The van der Waals surface area contributed by atoms with Crippen LogP contribution in [0, 0.1) is 0 Å². The molecule has 0 saturated heterocycles. The van der Waals surface area contributed by atoms with Gasteiger partial charge in [0.2, 0.25) is 0 Å². The number of aliphatic carboxylic acids is 1. The molecule has 6 nitrogen and oxygen atoms in total. The van der Waals surface area contributed by atoms with E-state index in [-0.39, 0.29) is 0 Å². The number of aromatic amines is 1. The van der Waals surface area contributed by atoms with Crippen LogP contribution in [0.5, 0.6) is 0 Å². The smallest absolute Gasteiger partial charge is 0.475 e. The Balaban J connectivity index is 0.000000298. The van der Waals surface area contributed by atoms with Gasteiger partial charge in [-0.25, -0.2) is 9.78 Å². The number of H-pyrrole nitrogens is 1. The number of nitrogens with zero attached hydrogens (tertiary/aromatic N) is 2. The minimum absolute atomic E-state index is 0.559. The number of halogens is 6. The summed E-state index contributed by atoms with van der Waals surface area (Å²) < 4.78 is 32.5. The van der Waals surface area contributed by atoms with Gasteiger partial charge in [0.25, 0.3) is 0 Å². The van der Waals surface area contributed by atoms with Gasteiger partial charge in [-0.1, -0.05) is 23.2 Å². The van der Waals surface area contributed by atoms with E-state index in [0.29, 0.717) is 15.9 Å². The number of hydrogen-bond acceptors (Lipinski definition) is 4. The van der Waals surface area contributed by atoms with E-state index in [0.717, 1.165) is 21.3 Å². The van der Waals surface area contributed by atoms with E-state index in [4.69, 9.17) is 33.1 Å². The molecule has 0 saturated carbocycles. The van der Waals surface area contributed by atoms with Crippen LogP contribution in [0.1, 0.15) is 0 Å². The van der Waals surface area contributed by atoms with E-state index in [1.807, 2.05) is 12.1 Å². The molecule has 12 heteroatoms. The van der Waals surface area contributed by atoms with Crippen molar-refractivity contribution in [2.24, 2.45) is 0 Å². The van der Waals surface area contributed by atoms with Crippen molar-refractivity contribution in [1.82, 2.24) is 15.2 Å². The number of fused-ring (bicyclic) bond motifs is 1. The minimum atomic E-state index is -5.08. The number of anilines is 2. The van der Waals surface area contributed by atoms with Crippen LogP contribution in [-0.4, -0.2) is 32.4 Å². The summed E-state index contributed by atoms with van der Waals surface area (Å²) in [7, 11) is 0. The molecule has 0 radical (unpaired) electrons. The van der Waals surface area contributed by atoms with Gasteiger partial charge in [0.15, 0.2) is 5.82 Å². The van der Waals surface area contributed by atoms with E-state index in [9.17, 15) is 13.2 Å². The topological polar surface area (TPSA) is 90.9 Å². The summed E-state index contributed by atoms with van der Waals surface area (Å²) in [5.41, 5.74) is 2.34. The molecule has 26 heavy (non-hydrogen) atoms. The van der Waals surface area contributed by atoms with Crippen LogP contribution in [0.2, 0.25) is 10.0 Å². The number of carboxylic acid groups (broad SMARTS) is 1. The second kappa shape index (κ2) is 8.11. The Morgan fingerprint density at radius 3 is 2.31 bits per heavy atom. The number of rotatable bonds is 2. The maximum atomic E-state index is 10.6. The number of carbonyl (C=O) groups is 1. The second-order valence-electron chi connectivity index (χ2n) is 4.69. The molecule has 0 bridgehead atoms. The van der Waals surface area contributed by atoms with Crippen molar-refractivity contribution < 1.29 is 23.1 Å². The van der Waals surface area contributed by atoms with Crippen molar-refractivity contribution in [3.63, 3.8) is 0 Å². The highest BCUT2D eigenvalue weighted by Gasteiger charge is 2.38. The molecule has 0 aliphatic heterocycles. The van der Waals surface area contributed by atoms with Crippen molar-refractivity contribution in [1.29, 1.82) is 0 Å². The number of aromatic nitrogens is 3. The van der Waals surface area contributed by atoms with Gasteiger partial charge < -0.3 is 10.4 Å². The van der Waals surface area contributed by atoms with Crippen LogP contribution in [0.3, 0.4) is 0 Å². The lowest BCUT2D eigenvalue weighted by molar-refractivity contribution is -0.192. The van der Waals surface area contributed by atoms with Gasteiger partial charge in [0.1, 0.15) is 10.1 Å². The highest BCUT2D eigenvalue weighted by Crippen LogP contribution is 2.27. The summed E-state index contributed by atoms with van der Waals surface area (Å²) in [5.74, 6) is -2.14. The normalized spacial score (nSPS) is 11.0. The SMILES string of the molecule is Clc1cc(Cl)cc(Nc2n[nH]c3ccc(Br)nc23)c1.O=C(O)C(F)(F)F. The van der Waals surface area contributed by atoms with E-state index in [1.54, 1.807) is 18.2 Å². The molecule has 3 rings (SSSR count). The first-order valence-electron chi connectivity index (χ1n) is 6.60. The van der Waals surface area contributed by atoms with Crippen LogP contribution in [0.4, 0.5) is 24.7 Å². The fourth-order valence-corrected chi connectivity index (χ4v) is 2.56. The maximum absolute atomic E-state index is 10.6. The molecule has 138 valence electrons. The molecule has 0 aliphatic rings. The van der Waals surface area contributed by atoms with Gasteiger partial charge in [-0.15, -0.1) is 0 Å². The second-order valence-corrected chi connectivity index (χ2v) is 6.37. The summed E-state index contributed by atoms with van der Waals surface area (Å²) in [6.07, 6.45) is -5.08. The molecule has 1 aromatic carbocycles. The van der Waals surface area contributed by atoms with E-state index in [1.165, 1.54) is 0 Å². The first-order valence-corrected chi connectivity index (χ1v) is 8.15. The van der Waals surface area contributed by atoms with Crippen molar-refractivity contribution >= 4 is 67.6 Å². The number of benzene rings is 1. The van der Waals surface area contributed by atoms with Gasteiger partial charge in [0, 0.05) is 15.7 Å². The molecule has 3 N–H and O–H groups in total. The van der Waals surface area contributed by atoms with Crippen LogP contribution in [0.15, 0.2) is 34.9 Å². The molecule has 0 fully saturated rings. The molecule has 2 heterocycles. The van der Waals surface area contributed by atoms with Crippen molar-refractivity contribution in [3.05, 3.63) is 45.0 Å². The molecule has 0 amide bonds. The Kier molecular flexibility index (Phi) is 6.32. The third-order valence-electron chi connectivity index (χ3n) is 2.74. The first-order chi connectivity index (χ1) is 12.1. The number of pyridine rings is 1. The zero-order chi connectivity index (χ0) is 19.5. The van der Waals surface area contributed by atoms with Gasteiger partial charge >= 0.3 is 12.1 Å². The monoisotopic (exact) mass is 470 g/mol. The summed E-state index contributed by atoms with van der Waals surface area (Å²) in [4.78, 5) is 13.3. The third kappa shape index (κ3) is 5.48. The summed E-state index contributed by atoms with van der Waals surface area (Å²) >= 11 is 15.3. The first kappa shape index (κ1) is 20.3. The minimum Gasteiger partial charge on any atom is -0.475 e. The predicted molar refractivity (Wildman–Crippen MR) is 95.0 cm³/mol. The van der Waals surface area contributed by atoms with Crippen molar-refractivity contribution in [2.45, 2.75) is 6.18 Å². The Bertz CT molecular complexity index is 929. The maximum Gasteiger partial charge on any atom is 0.490 e. The van der Waals surface area contributed by atoms with Crippen LogP contribution >= 0.6 is 39.1 Å². The van der Waals surface area contributed by atoms with Gasteiger partial charge in [-0.05, 0) is 46.3 Å². The average molecular weight is 472 g/mol. The number of carboxylic acids is 1. The average Bonchev–Trinajstić information content (AvgIpc) is 2.88. The predicted octanol–water partition coefficient (Wildman–Crippen LogP) is 5.40. The molecule has 0 atom stereocenters. The molecule has 0 aliphatic carbocycles. The molecule has 0 unspecified atom stereocenters. The molecular weight excluding hydrogens is 464 g/mol. The summed E-state index contributed by atoms with van der Waals surface area (Å²) in [6, 6.07) is 8.96. The van der Waals surface area contributed by atoms with Gasteiger partial charge in [-0.3, -0.25) is 5.10 Å². The molecule has 2 aromatic heterocycles. The van der Waals surface area contributed by atoms with E-state index < -0.39 is 12.1 Å². The third-order valence-corrected chi connectivity index (χ3v) is 3.62. The van der Waals surface area contributed by atoms with Crippen LogP contribution in [-0.2, 0) is 4.79 Å². The quantitative estimate of drug-likeness (QED) is 0.435. The fourth-order valence-electron chi connectivity index (χ4n) is 1.73. The standard InChI is InChI=1S/C12H7BrCl2N4.C2HF3O2/c13-10-2-1-9-11(17-10)12(19-18-9)16-8-4-6(14)3-7(15)5-8;3-2(4,5)1(6)7/h1-5H,(H2,16,18,19);(H,6,7). The lowest BCUT2D eigenvalue weighted by Crippen LogP contribution is -2.21. The van der Waals surface area contributed by atoms with Crippen molar-refractivity contribution in [3.8, 4) is 0 Å². The lowest BCUT2D eigenvalue weighted by Gasteiger charge is -2.04. The zero-order valence-electron chi connectivity index (χ0n) is 12.4. The van der Waals surface area contributed by atoms with Gasteiger partial charge in [-0.2, -0.15) is 18.3 Å². The molecular formula is C14H8BrCl2F3N4O2. The Morgan fingerprint density at radius 1 is 1.19 bits per heavy atom. The van der Waals surface area contributed by atoms with Crippen LogP contribution in [0.25, 0.3) is 11.0 Å². The largest absolute Gasteiger partial charge is 0.490 e. The summed E-state index contributed by atoms with van der Waals surface area (Å²) in [5, 5.41) is 18.5. The van der Waals surface area contributed by atoms with E-state index >= 15 is 0 Å². The summed E-state index contributed by atoms with van der Waals surface area (Å²) in [6.45, 7) is 0. The number of alkyl halides is 3. The fraction of sp³-hybridized carbons (Fsp3) is 0.0714. The zero-order valence-corrected chi connectivity index (χ0v) is 15.5. The lowest BCUT2D eigenvalue weighted by atomic mass is 10.3. The highest BCUT2D eigenvalue weighted by atomic mass is 79.9. The molecule has 0 spiro atoms. The van der Waals surface area contributed by atoms with Gasteiger partial charge in [0.05, 0.1) is 5.52 Å². The molecule has 3 aromatic rings. The highest BCUT2D eigenvalue weighted by molar-refractivity contribution is 9.10.